The zero-order valence-corrected chi connectivity index (χ0v) is 9.67. The number of rotatable bonds is 3. The Bertz CT molecular complexity index is 300. The molecule has 0 radical (unpaired) electrons. The largest absolute Gasteiger partial charge is 0.0766 e. The van der Waals surface area contributed by atoms with Gasteiger partial charge in [-0.15, -0.1) is 0 Å². The molecule has 0 bridgehead atoms. The summed E-state index contributed by atoms with van der Waals surface area (Å²) in [6.07, 6.45) is 1.10. The smallest absolute Gasteiger partial charge is 0.00621 e. The van der Waals surface area contributed by atoms with Gasteiger partial charge in [0.15, 0.2) is 0 Å². The van der Waals surface area contributed by atoms with Crippen LogP contribution in [0.2, 0.25) is 0 Å². The second-order valence-electron chi connectivity index (χ2n) is 4.34. The van der Waals surface area contributed by atoms with E-state index in [-0.39, 0.29) is 0 Å². The molecule has 0 aliphatic carbocycles. The maximum absolute atomic E-state index is 2.27. The number of hydrogen-bond donors (Lipinski definition) is 0. The zero-order chi connectivity index (χ0) is 10.6. The molecule has 0 N–H and O–H groups in total. The minimum atomic E-state index is 0.653. The van der Waals surface area contributed by atoms with Crippen molar-refractivity contribution in [2.24, 2.45) is 5.92 Å². The van der Waals surface area contributed by atoms with E-state index in [0.717, 1.165) is 6.42 Å². The SMILES string of the molecule is CC(C)=C(Cc1ccccc1)C(C)C. The molecular formula is C14H20. The van der Waals surface area contributed by atoms with Crippen molar-refractivity contribution in [1.29, 1.82) is 0 Å². The van der Waals surface area contributed by atoms with Crippen LogP contribution in [0.1, 0.15) is 33.3 Å². The van der Waals surface area contributed by atoms with Crippen molar-refractivity contribution in [2.75, 3.05) is 0 Å². The molecule has 0 heterocycles. The van der Waals surface area contributed by atoms with Crippen molar-refractivity contribution in [2.45, 2.75) is 34.1 Å². The molecule has 0 saturated carbocycles. The van der Waals surface area contributed by atoms with Crippen LogP contribution in [0.5, 0.6) is 0 Å². The highest BCUT2D eigenvalue weighted by molar-refractivity contribution is 5.24. The van der Waals surface area contributed by atoms with Crippen molar-refractivity contribution >= 4 is 0 Å². The van der Waals surface area contributed by atoms with E-state index >= 15 is 0 Å². The Morgan fingerprint density at radius 2 is 1.64 bits per heavy atom. The van der Waals surface area contributed by atoms with Crippen LogP contribution in [-0.2, 0) is 6.42 Å². The van der Waals surface area contributed by atoms with Crippen LogP contribution >= 0.6 is 0 Å². The molecule has 0 aromatic heterocycles. The molecule has 0 heteroatoms. The fourth-order valence-corrected chi connectivity index (χ4v) is 1.77. The lowest BCUT2D eigenvalue weighted by atomic mass is 9.92. The maximum Gasteiger partial charge on any atom is -0.00621 e. The molecule has 0 nitrogen and oxygen atoms in total. The van der Waals surface area contributed by atoms with Crippen LogP contribution < -0.4 is 0 Å². The molecule has 0 amide bonds. The van der Waals surface area contributed by atoms with Gasteiger partial charge in [0.05, 0.1) is 0 Å². The fourth-order valence-electron chi connectivity index (χ4n) is 1.77. The normalized spacial score (nSPS) is 10.4. The van der Waals surface area contributed by atoms with E-state index in [4.69, 9.17) is 0 Å². The summed E-state index contributed by atoms with van der Waals surface area (Å²) in [4.78, 5) is 0. The van der Waals surface area contributed by atoms with Gasteiger partial charge in [-0.05, 0) is 31.7 Å². The zero-order valence-electron chi connectivity index (χ0n) is 9.67. The standard InChI is InChI=1S/C14H20/c1-11(2)14(12(3)4)10-13-8-6-5-7-9-13/h5-9,11H,10H2,1-4H3. The molecule has 76 valence electrons. The molecule has 0 aliphatic heterocycles. The molecule has 0 atom stereocenters. The highest BCUT2D eigenvalue weighted by Gasteiger charge is 2.05. The Balaban J connectivity index is 2.82. The van der Waals surface area contributed by atoms with Crippen LogP contribution in [0.25, 0.3) is 0 Å². The van der Waals surface area contributed by atoms with Gasteiger partial charge in [0.25, 0.3) is 0 Å². The molecule has 0 spiro atoms. The Hall–Kier alpha value is -1.04. The highest BCUT2D eigenvalue weighted by Crippen LogP contribution is 2.19. The monoisotopic (exact) mass is 188 g/mol. The lowest BCUT2D eigenvalue weighted by Gasteiger charge is -2.13. The van der Waals surface area contributed by atoms with Gasteiger partial charge in [-0.2, -0.15) is 0 Å². The summed E-state index contributed by atoms with van der Waals surface area (Å²) in [5.41, 5.74) is 4.44. The average molecular weight is 188 g/mol. The number of hydrogen-bond acceptors (Lipinski definition) is 0. The van der Waals surface area contributed by atoms with Gasteiger partial charge in [-0.1, -0.05) is 55.3 Å². The molecule has 1 rings (SSSR count). The lowest BCUT2D eigenvalue weighted by Crippen LogP contribution is -2.00. The van der Waals surface area contributed by atoms with Crippen molar-refractivity contribution in [3.05, 3.63) is 47.0 Å². The van der Waals surface area contributed by atoms with E-state index in [1.54, 1.807) is 5.57 Å². The molecular weight excluding hydrogens is 168 g/mol. The predicted octanol–water partition coefficient (Wildman–Crippen LogP) is 4.22. The third kappa shape index (κ3) is 3.02. The summed E-state index contributed by atoms with van der Waals surface area (Å²) in [5.74, 6) is 0.653. The van der Waals surface area contributed by atoms with E-state index in [0.29, 0.717) is 5.92 Å². The molecule has 0 saturated heterocycles. The van der Waals surface area contributed by atoms with Crippen molar-refractivity contribution in [3.63, 3.8) is 0 Å². The van der Waals surface area contributed by atoms with Gasteiger partial charge in [0.2, 0.25) is 0 Å². The molecule has 1 aromatic rings. The first-order chi connectivity index (χ1) is 6.61. The quantitative estimate of drug-likeness (QED) is 0.623. The summed E-state index contributed by atoms with van der Waals surface area (Å²) in [6, 6.07) is 10.7. The van der Waals surface area contributed by atoms with Gasteiger partial charge >= 0.3 is 0 Å². The fraction of sp³-hybridized carbons (Fsp3) is 0.429. The van der Waals surface area contributed by atoms with E-state index < -0.39 is 0 Å². The van der Waals surface area contributed by atoms with Crippen LogP contribution in [0.4, 0.5) is 0 Å². The predicted molar refractivity (Wildman–Crippen MR) is 63.4 cm³/mol. The number of benzene rings is 1. The lowest BCUT2D eigenvalue weighted by molar-refractivity contribution is 0.727. The summed E-state index contributed by atoms with van der Waals surface area (Å²) in [7, 11) is 0. The topological polar surface area (TPSA) is 0 Å². The summed E-state index contributed by atoms with van der Waals surface area (Å²) < 4.78 is 0. The van der Waals surface area contributed by atoms with E-state index in [2.05, 4.69) is 58.0 Å². The number of allylic oxidation sites excluding steroid dienone is 2. The van der Waals surface area contributed by atoms with Crippen LogP contribution in [0.3, 0.4) is 0 Å². The van der Waals surface area contributed by atoms with Crippen molar-refractivity contribution < 1.29 is 0 Å². The minimum Gasteiger partial charge on any atom is -0.0766 e. The van der Waals surface area contributed by atoms with E-state index in [1.165, 1.54) is 11.1 Å². The van der Waals surface area contributed by atoms with Gasteiger partial charge in [0.1, 0.15) is 0 Å². The third-order valence-corrected chi connectivity index (χ3v) is 2.58. The molecule has 0 aliphatic rings. The van der Waals surface area contributed by atoms with E-state index in [9.17, 15) is 0 Å². The minimum absolute atomic E-state index is 0.653. The second-order valence-corrected chi connectivity index (χ2v) is 4.34. The Labute approximate surface area is 87.7 Å². The van der Waals surface area contributed by atoms with Gasteiger partial charge in [-0.25, -0.2) is 0 Å². The maximum atomic E-state index is 2.27. The Kier molecular flexibility index (Phi) is 3.94. The summed E-state index contributed by atoms with van der Waals surface area (Å²) in [5, 5.41) is 0. The summed E-state index contributed by atoms with van der Waals surface area (Å²) in [6.45, 7) is 8.95. The van der Waals surface area contributed by atoms with Gasteiger partial charge < -0.3 is 0 Å². The average Bonchev–Trinajstić information content (AvgIpc) is 2.15. The van der Waals surface area contributed by atoms with Gasteiger partial charge in [-0.3, -0.25) is 0 Å². The molecule has 0 fully saturated rings. The first-order valence-corrected chi connectivity index (χ1v) is 5.31. The highest BCUT2D eigenvalue weighted by atomic mass is 14.1. The van der Waals surface area contributed by atoms with E-state index in [1.807, 2.05) is 0 Å². The first-order valence-electron chi connectivity index (χ1n) is 5.31. The van der Waals surface area contributed by atoms with Crippen molar-refractivity contribution in [3.8, 4) is 0 Å². The third-order valence-electron chi connectivity index (χ3n) is 2.58. The first kappa shape index (κ1) is 11.0. The van der Waals surface area contributed by atoms with Crippen molar-refractivity contribution in [1.82, 2.24) is 0 Å². The van der Waals surface area contributed by atoms with Gasteiger partial charge in [0, 0.05) is 0 Å². The summed E-state index contributed by atoms with van der Waals surface area (Å²) >= 11 is 0. The Morgan fingerprint density at radius 3 is 2.07 bits per heavy atom. The second kappa shape index (κ2) is 4.99. The van der Waals surface area contributed by atoms with Crippen LogP contribution in [0, 0.1) is 5.92 Å². The van der Waals surface area contributed by atoms with Crippen LogP contribution in [0.15, 0.2) is 41.5 Å². The molecule has 0 unspecified atom stereocenters. The Morgan fingerprint density at radius 1 is 1.07 bits per heavy atom. The van der Waals surface area contributed by atoms with Crippen LogP contribution in [-0.4, -0.2) is 0 Å². The molecule has 1 aromatic carbocycles. The molecule has 14 heavy (non-hydrogen) atoms.